The number of nitrogens with one attached hydrogen (secondary N) is 1. The number of carbonyl (C=O) groups is 1. The minimum Gasteiger partial charge on any atom is -0.493 e. The van der Waals surface area contributed by atoms with Crippen LogP contribution in [0.4, 0.5) is 5.69 Å². The van der Waals surface area contributed by atoms with Crippen LogP contribution in [0.25, 0.3) is 0 Å². The molecule has 0 aliphatic carbocycles. The number of anilines is 1. The standard InChI is InChI=1S/C26H29N3O5S/c1-18-8-6-7-9-22(18)17-29(35(5,31)32)23-13-10-20(11-14-23)26(30)28-27-19(2)21-12-15-24(33-3)25(16-21)34-4/h6-16H,17H2,1-5H3,(H,28,30)/b27-19-. The Balaban J connectivity index is 1.76. The maximum atomic E-state index is 12.6. The molecule has 0 spiro atoms. The Morgan fingerprint density at radius 1 is 0.943 bits per heavy atom. The van der Waals surface area contributed by atoms with Gasteiger partial charge in [-0.1, -0.05) is 24.3 Å². The molecule has 1 amide bonds. The number of amides is 1. The molecule has 0 fully saturated rings. The summed E-state index contributed by atoms with van der Waals surface area (Å²) in [5.41, 5.74) is 6.60. The van der Waals surface area contributed by atoms with Crippen molar-refractivity contribution in [1.82, 2.24) is 5.43 Å². The van der Waals surface area contributed by atoms with E-state index in [1.165, 1.54) is 4.31 Å². The lowest BCUT2D eigenvalue weighted by molar-refractivity contribution is 0.0955. The summed E-state index contributed by atoms with van der Waals surface area (Å²) in [5.74, 6) is 0.738. The molecular weight excluding hydrogens is 466 g/mol. The van der Waals surface area contributed by atoms with Crippen molar-refractivity contribution in [2.75, 3.05) is 24.8 Å². The van der Waals surface area contributed by atoms with E-state index in [1.54, 1.807) is 57.5 Å². The van der Waals surface area contributed by atoms with Crippen molar-refractivity contribution in [2.45, 2.75) is 20.4 Å². The first-order valence-corrected chi connectivity index (χ1v) is 12.7. The molecule has 9 heteroatoms. The number of aryl methyl sites for hydroxylation is 1. The summed E-state index contributed by atoms with van der Waals surface area (Å²) in [4.78, 5) is 12.6. The summed E-state index contributed by atoms with van der Waals surface area (Å²) in [6.45, 7) is 3.90. The SMILES string of the molecule is COc1ccc(/C(C)=N\NC(=O)c2ccc(N(Cc3ccccc3C)S(C)(=O)=O)cc2)cc1OC. The van der Waals surface area contributed by atoms with Crippen molar-refractivity contribution in [2.24, 2.45) is 5.10 Å². The number of carbonyl (C=O) groups excluding carboxylic acids is 1. The van der Waals surface area contributed by atoms with Gasteiger partial charge in [0.15, 0.2) is 11.5 Å². The van der Waals surface area contributed by atoms with Crippen LogP contribution in [0.1, 0.15) is 34.0 Å². The molecule has 3 rings (SSSR count). The van der Waals surface area contributed by atoms with Crippen molar-refractivity contribution in [1.29, 1.82) is 0 Å². The zero-order valence-electron chi connectivity index (χ0n) is 20.4. The Bertz CT molecular complexity index is 1340. The van der Waals surface area contributed by atoms with E-state index in [0.717, 1.165) is 22.9 Å². The summed E-state index contributed by atoms with van der Waals surface area (Å²) < 4.78 is 36.8. The number of sulfonamides is 1. The molecule has 0 aliphatic heterocycles. The summed E-state index contributed by atoms with van der Waals surface area (Å²) in [6.07, 6.45) is 1.16. The van der Waals surface area contributed by atoms with E-state index >= 15 is 0 Å². The highest BCUT2D eigenvalue weighted by Gasteiger charge is 2.19. The molecular formula is C26H29N3O5S. The Hall–Kier alpha value is -3.85. The zero-order valence-corrected chi connectivity index (χ0v) is 21.2. The molecule has 0 heterocycles. The highest BCUT2D eigenvalue weighted by atomic mass is 32.2. The minimum absolute atomic E-state index is 0.200. The number of hydrogen-bond acceptors (Lipinski definition) is 6. The van der Waals surface area contributed by atoms with Crippen LogP contribution >= 0.6 is 0 Å². The second-order valence-electron chi connectivity index (χ2n) is 7.95. The number of benzene rings is 3. The Labute approximate surface area is 206 Å². The third kappa shape index (κ3) is 6.39. The molecule has 3 aromatic rings. The molecule has 0 saturated carbocycles. The Morgan fingerprint density at radius 3 is 2.17 bits per heavy atom. The molecule has 1 N–H and O–H groups in total. The number of rotatable bonds is 9. The van der Waals surface area contributed by atoms with Gasteiger partial charge in [-0.3, -0.25) is 9.10 Å². The summed E-state index contributed by atoms with van der Waals surface area (Å²) in [6, 6.07) is 19.3. The van der Waals surface area contributed by atoms with Crippen LogP contribution in [0.2, 0.25) is 0 Å². The van der Waals surface area contributed by atoms with Crippen LogP contribution in [0.15, 0.2) is 71.8 Å². The maximum Gasteiger partial charge on any atom is 0.271 e. The molecule has 8 nitrogen and oxygen atoms in total. The molecule has 184 valence electrons. The van der Waals surface area contributed by atoms with Crippen LogP contribution in [0.3, 0.4) is 0 Å². The molecule has 0 saturated heterocycles. The van der Waals surface area contributed by atoms with Crippen LogP contribution in [-0.2, 0) is 16.6 Å². The van der Waals surface area contributed by atoms with E-state index in [2.05, 4.69) is 10.5 Å². The molecule has 0 radical (unpaired) electrons. The molecule has 0 atom stereocenters. The van der Waals surface area contributed by atoms with Gasteiger partial charge in [-0.25, -0.2) is 13.8 Å². The summed E-state index contributed by atoms with van der Waals surface area (Å²) in [5, 5.41) is 4.18. The Morgan fingerprint density at radius 2 is 1.57 bits per heavy atom. The van der Waals surface area contributed by atoms with Crippen LogP contribution in [-0.4, -0.2) is 40.5 Å². The fourth-order valence-electron chi connectivity index (χ4n) is 3.45. The van der Waals surface area contributed by atoms with Crippen molar-refractivity contribution in [3.05, 3.63) is 89.0 Å². The van der Waals surface area contributed by atoms with E-state index in [4.69, 9.17) is 9.47 Å². The predicted octanol–water partition coefficient (Wildman–Crippen LogP) is 4.13. The minimum atomic E-state index is -3.54. The average Bonchev–Trinajstić information content (AvgIpc) is 2.85. The first-order chi connectivity index (χ1) is 16.6. The smallest absolute Gasteiger partial charge is 0.271 e. The van der Waals surface area contributed by atoms with Gasteiger partial charge in [0.25, 0.3) is 5.91 Å². The van der Waals surface area contributed by atoms with Crippen molar-refractivity contribution >= 4 is 27.3 Å². The molecule has 35 heavy (non-hydrogen) atoms. The number of methoxy groups -OCH3 is 2. The maximum absolute atomic E-state index is 12.6. The lowest BCUT2D eigenvalue weighted by atomic mass is 10.1. The largest absolute Gasteiger partial charge is 0.493 e. The van der Waals surface area contributed by atoms with Crippen molar-refractivity contribution in [3.63, 3.8) is 0 Å². The van der Waals surface area contributed by atoms with Crippen molar-refractivity contribution < 1.29 is 22.7 Å². The van der Waals surface area contributed by atoms with Crippen LogP contribution in [0.5, 0.6) is 11.5 Å². The van der Waals surface area contributed by atoms with Gasteiger partial charge < -0.3 is 9.47 Å². The highest BCUT2D eigenvalue weighted by Crippen LogP contribution is 2.28. The average molecular weight is 496 g/mol. The topological polar surface area (TPSA) is 97.3 Å². The van der Waals surface area contributed by atoms with E-state index in [1.807, 2.05) is 37.3 Å². The lowest BCUT2D eigenvalue weighted by Crippen LogP contribution is -2.29. The normalized spacial score (nSPS) is 11.6. The highest BCUT2D eigenvalue weighted by molar-refractivity contribution is 7.92. The number of ether oxygens (including phenoxy) is 2. The number of nitrogens with zero attached hydrogens (tertiary/aromatic N) is 2. The fraction of sp³-hybridized carbons (Fsp3) is 0.231. The van der Waals surface area contributed by atoms with Crippen molar-refractivity contribution in [3.8, 4) is 11.5 Å². The second kappa shape index (κ2) is 11.1. The number of hydrogen-bond donors (Lipinski definition) is 1. The molecule has 0 unspecified atom stereocenters. The van der Waals surface area contributed by atoms with E-state index in [0.29, 0.717) is 28.5 Å². The summed E-state index contributed by atoms with van der Waals surface area (Å²) in [7, 11) is -0.433. The van der Waals surface area contributed by atoms with E-state index in [9.17, 15) is 13.2 Å². The third-order valence-electron chi connectivity index (χ3n) is 5.52. The number of hydrazone groups is 1. The van der Waals surface area contributed by atoms with Gasteiger partial charge in [0.2, 0.25) is 10.0 Å². The molecule has 0 aromatic heterocycles. The first-order valence-electron chi connectivity index (χ1n) is 10.8. The zero-order chi connectivity index (χ0) is 25.6. The van der Waals surface area contributed by atoms with Gasteiger partial charge in [0, 0.05) is 11.1 Å². The van der Waals surface area contributed by atoms with Gasteiger partial charge in [-0.05, 0) is 67.4 Å². The second-order valence-corrected chi connectivity index (χ2v) is 9.86. The van der Waals surface area contributed by atoms with Gasteiger partial charge in [-0.15, -0.1) is 0 Å². The van der Waals surface area contributed by atoms with Crippen LogP contribution < -0.4 is 19.2 Å². The molecule has 0 bridgehead atoms. The Kier molecular flexibility index (Phi) is 8.14. The fourth-order valence-corrected chi connectivity index (χ4v) is 4.32. The predicted molar refractivity (Wildman–Crippen MR) is 138 cm³/mol. The van der Waals surface area contributed by atoms with Gasteiger partial charge in [-0.2, -0.15) is 5.10 Å². The van der Waals surface area contributed by atoms with E-state index < -0.39 is 15.9 Å². The van der Waals surface area contributed by atoms with Gasteiger partial charge >= 0.3 is 0 Å². The molecule has 0 aliphatic rings. The first kappa shape index (κ1) is 25.8. The van der Waals surface area contributed by atoms with Crippen LogP contribution in [0, 0.1) is 6.92 Å². The van der Waals surface area contributed by atoms with E-state index in [-0.39, 0.29) is 6.54 Å². The lowest BCUT2D eigenvalue weighted by Gasteiger charge is -2.23. The molecule has 3 aromatic carbocycles. The summed E-state index contributed by atoms with van der Waals surface area (Å²) >= 11 is 0. The quantitative estimate of drug-likeness (QED) is 0.356. The van der Waals surface area contributed by atoms with Gasteiger partial charge in [0.05, 0.1) is 38.4 Å². The van der Waals surface area contributed by atoms with Gasteiger partial charge in [0.1, 0.15) is 0 Å². The third-order valence-corrected chi connectivity index (χ3v) is 6.66. The monoisotopic (exact) mass is 495 g/mol.